The van der Waals surface area contributed by atoms with Crippen molar-refractivity contribution in [3.63, 3.8) is 0 Å². The van der Waals surface area contributed by atoms with E-state index in [1.165, 1.54) is 25.3 Å². The minimum absolute atomic E-state index is 0.0961. The summed E-state index contributed by atoms with van der Waals surface area (Å²) in [7, 11) is 1.39. The summed E-state index contributed by atoms with van der Waals surface area (Å²) < 4.78 is 5.10. The summed E-state index contributed by atoms with van der Waals surface area (Å²) >= 11 is 0.974. The van der Waals surface area contributed by atoms with E-state index in [0.717, 1.165) is 11.8 Å². The number of aromatic amines is 1. The molecule has 0 saturated carbocycles. The van der Waals surface area contributed by atoms with E-state index in [0.29, 0.717) is 5.56 Å². The number of ether oxygens (including phenoxy) is 1. The summed E-state index contributed by atoms with van der Waals surface area (Å²) in [5, 5.41) is 21.5. The maximum Gasteiger partial charge on any atom is 0.278 e. The van der Waals surface area contributed by atoms with Crippen LogP contribution in [0, 0.1) is 10.1 Å². The highest BCUT2D eigenvalue weighted by atomic mass is 32.2. The molecule has 2 N–H and O–H groups in total. The van der Waals surface area contributed by atoms with Crippen LogP contribution < -0.4 is 15.6 Å². The second-order valence-electron chi connectivity index (χ2n) is 5.65. The topological polar surface area (TPSA) is 140 Å². The number of rotatable bonds is 7. The maximum atomic E-state index is 12.2. The third kappa shape index (κ3) is 4.96. The van der Waals surface area contributed by atoms with Crippen molar-refractivity contribution >= 4 is 29.0 Å². The van der Waals surface area contributed by atoms with E-state index in [4.69, 9.17) is 4.74 Å². The second-order valence-corrected chi connectivity index (χ2v) is 6.62. The zero-order valence-electron chi connectivity index (χ0n) is 15.1. The molecule has 0 spiro atoms. The number of methoxy groups -OCH3 is 1. The third-order valence-corrected chi connectivity index (χ3v) is 4.60. The Morgan fingerprint density at radius 3 is 2.66 bits per heavy atom. The molecule has 11 heteroatoms. The van der Waals surface area contributed by atoms with Gasteiger partial charge in [-0.05, 0) is 6.07 Å². The molecular weight excluding hydrogens is 398 g/mol. The monoisotopic (exact) mass is 413 g/mol. The highest BCUT2D eigenvalue weighted by Crippen LogP contribution is 2.29. The van der Waals surface area contributed by atoms with E-state index >= 15 is 0 Å². The number of nitro groups is 1. The molecule has 0 fully saturated rings. The molecule has 2 aromatic carbocycles. The molecular formula is C18H15N5O5S. The fourth-order valence-corrected chi connectivity index (χ4v) is 3.00. The van der Waals surface area contributed by atoms with Crippen molar-refractivity contribution < 1.29 is 14.5 Å². The number of H-pyrrole nitrogens is 1. The predicted octanol–water partition coefficient (Wildman–Crippen LogP) is 2.48. The fourth-order valence-electron chi connectivity index (χ4n) is 2.40. The molecule has 148 valence electrons. The second kappa shape index (κ2) is 8.97. The predicted molar refractivity (Wildman–Crippen MR) is 107 cm³/mol. The number of hydrogen-bond donors (Lipinski definition) is 2. The Hall–Kier alpha value is -3.73. The number of amides is 1. The lowest BCUT2D eigenvalue weighted by molar-refractivity contribution is -0.384. The Balaban J connectivity index is 1.67. The molecule has 3 aromatic rings. The first kappa shape index (κ1) is 20.0. The lowest BCUT2D eigenvalue weighted by Crippen LogP contribution is -2.17. The highest BCUT2D eigenvalue weighted by molar-refractivity contribution is 7.99. The van der Waals surface area contributed by atoms with Gasteiger partial charge in [-0.25, -0.2) is 0 Å². The molecule has 1 heterocycles. The number of nitrogens with zero attached hydrogens (tertiary/aromatic N) is 3. The maximum absolute atomic E-state index is 12.2. The smallest absolute Gasteiger partial charge is 0.278 e. The van der Waals surface area contributed by atoms with Crippen LogP contribution >= 0.6 is 11.8 Å². The van der Waals surface area contributed by atoms with Crippen LogP contribution in [0.2, 0.25) is 0 Å². The molecule has 0 aliphatic heterocycles. The number of benzene rings is 2. The van der Waals surface area contributed by atoms with E-state index in [-0.39, 0.29) is 33.7 Å². The number of carbonyl (C=O) groups excluding carboxylic acids is 1. The molecule has 29 heavy (non-hydrogen) atoms. The van der Waals surface area contributed by atoms with Gasteiger partial charge in [0.2, 0.25) is 5.91 Å². The minimum Gasteiger partial charge on any atom is -0.495 e. The molecule has 1 amide bonds. The quantitative estimate of drug-likeness (QED) is 0.342. The molecule has 0 aliphatic carbocycles. The summed E-state index contributed by atoms with van der Waals surface area (Å²) in [5.41, 5.74) is 0.384. The summed E-state index contributed by atoms with van der Waals surface area (Å²) in [5.74, 6) is -0.265. The van der Waals surface area contributed by atoms with Gasteiger partial charge in [0, 0.05) is 17.7 Å². The van der Waals surface area contributed by atoms with Crippen molar-refractivity contribution in [2.45, 2.75) is 5.16 Å². The van der Waals surface area contributed by atoms with Gasteiger partial charge in [-0.1, -0.05) is 42.1 Å². The summed E-state index contributed by atoms with van der Waals surface area (Å²) in [4.78, 5) is 37.3. The standard InChI is InChI=1S/C18H15N5O5S/c1-28-14-8-7-12(23(26)27)9-13(14)19-15(24)10-29-18-20-17(25)16(21-22-18)11-5-3-2-4-6-11/h2-9H,10H2,1H3,(H,19,24)(H,20,22,25). The first-order chi connectivity index (χ1) is 14.0. The van der Waals surface area contributed by atoms with E-state index in [9.17, 15) is 19.7 Å². The van der Waals surface area contributed by atoms with Crippen molar-refractivity contribution in [3.8, 4) is 17.0 Å². The van der Waals surface area contributed by atoms with Crippen LogP contribution in [0.15, 0.2) is 58.5 Å². The first-order valence-corrected chi connectivity index (χ1v) is 9.24. The summed E-state index contributed by atoms with van der Waals surface area (Å²) in [6.45, 7) is 0. The molecule has 3 rings (SSSR count). The highest BCUT2D eigenvalue weighted by Gasteiger charge is 2.15. The van der Waals surface area contributed by atoms with Gasteiger partial charge in [-0.15, -0.1) is 10.2 Å². The van der Waals surface area contributed by atoms with Crippen LogP contribution in [-0.4, -0.2) is 38.9 Å². The zero-order chi connectivity index (χ0) is 20.8. The Labute approximate surface area is 168 Å². The SMILES string of the molecule is COc1ccc([N+](=O)[O-])cc1NC(=O)CSc1nnc(-c2ccccc2)c(=O)[nH]1. The van der Waals surface area contributed by atoms with Gasteiger partial charge in [-0.3, -0.25) is 24.7 Å². The van der Waals surface area contributed by atoms with Crippen LogP contribution in [0.5, 0.6) is 5.75 Å². The molecule has 0 bridgehead atoms. The lowest BCUT2D eigenvalue weighted by Gasteiger charge is -2.09. The number of non-ortho nitro benzene ring substituents is 1. The zero-order valence-corrected chi connectivity index (χ0v) is 15.9. The van der Waals surface area contributed by atoms with E-state index in [1.54, 1.807) is 24.3 Å². The Kier molecular flexibility index (Phi) is 6.19. The molecule has 0 atom stereocenters. The van der Waals surface area contributed by atoms with Crippen LogP contribution in [0.1, 0.15) is 0 Å². The van der Waals surface area contributed by atoms with E-state index in [1.807, 2.05) is 6.07 Å². The van der Waals surface area contributed by atoms with Crippen molar-refractivity contribution in [3.05, 3.63) is 69.0 Å². The van der Waals surface area contributed by atoms with Gasteiger partial charge in [-0.2, -0.15) is 0 Å². The van der Waals surface area contributed by atoms with Gasteiger partial charge in [0.25, 0.3) is 11.2 Å². The van der Waals surface area contributed by atoms with Crippen LogP contribution in [0.3, 0.4) is 0 Å². The van der Waals surface area contributed by atoms with Crippen LogP contribution in [0.4, 0.5) is 11.4 Å². The number of anilines is 1. The van der Waals surface area contributed by atoms with Crippen molar-refractivity contribution in [1.82, 2.24) is 15.2 Å². The number of nitro benzene ring substituents is 1. The van der Waals surface area contributed by atoms with E-state index in [2.05, 4.69) is 20.5 Å². The average Bonchev–Trinajstić information content (AvgIpc) is 2.73. The molecule has 0 saturated heterocycles. The van der Waals surface area contributed by atoms with Crippen molar-refractivity contribution in [2.75, 3.05) is 18.2 Å². The molecule has 0 radical (unpaired) electrons. The number of carbonyl (C=O) groups is 1. The number of nitrogens with one attached hydrogen (secondary N) is 2. The Morgan fingerprint density at radius 2 is 2.00 bits per heavy atom. The van der Waals surface area contributed by atoms with Gasteiger partial charge >= 0.3 is 0 Å². The van der Waals surface area contributed by atoms with Gasteiger partial charge in [0.15, 0.2) is 10.9 Å². The Bertz CT molecular complexity index is 1100. The average molecular weight is 413 g/mol. The third-order valence-electron chi connectivity index (χ3n) is 3.73. The van der Waals surface area contributed by atoms with Gasteiger partial charge in [0.05, 0.1) is 23.5 Å². The van der Waals surface area contributed by atoms with Crippen molar-refractivity contribution in [2.24, 2.45) is 0 Å². The van der Waals surface area contributed by atoms with E-state index < -0.39 is 16.4 Å². The molecule has 0 unspecified atom stereocenters. The Morgan fingerprint density at radius 1 is 1.24 bits per heavy atom. The lowest BCUT2D eigenvalue weighted by atomic mass is 10.2. The van der Waals surface area contributed by atoms with Crippen LogP contribution in [0.25, 0.3) is 11.3 Å². The first-order valence-electron chi connectivity index (χ1n) is 8.25. The van der Waals surface area contributed by atoms with Gasteiger partial charge < -0.3 is 10.1 Å². The minimum atomic E-state index is -0.571. The number of hydrogen-bond acceptors (Lipinski definition) is 8. The normalized spacial score (nSPS) is 10.4. The van der Waals surface area contributed by atoms with Crippen LogP contribution in [-0.2, 0) is 4.79 Å². The molecule has 1 aromatic heterocycles. The number of thioether (sulfide) groups is 1. The summed E-state index contributed by atoms with van der Waals surface area (Å²) in [6.07, 6.45) is 0. The fraction of sp³-hybridized carbons (Fsp3) is 0.111. The summed E-state index contributed by atoms with van der Waals surface area (Å²) in [6, 6.07) is 12.8. The molecule has 0 aliphatic rings. The number of aromatic nitrogens is 3. The van der Waals surface area contributed by atoms with Crippen molar-refractivity contribution in [1.29, 1.82) is 0 Å². The van der Waals surface area contributed by atoms with Gasteiger partial charge in [0.1, 0.15) is 5.75 Å². The molecule has 10 nitrogen and oxygen atoms in total. The largest absolute Gasteiger partial charge is 0.495 e.